The van der Waals surface area contributed by atoms with Gasteiger partial charge in [0.2, 0.25) is 0 Å². The van der Waals surface area contributed by atoms with Crippen molar-refractivity contribution in [1.82, 2.24) is 25.0 Å². The second kappa shape index (κ2) is 7.56. The molecule has 0 spiro atoms. The molecule has 0 unspecified atom stereocenters. The van der Waals surface area contributed by atoms with E-state index in [1.807, 2.05) is 12.1 Å². The van der Waals surface area contributed by atoms with Gasteiger partial charge in [-0.2, -0.15) is 4.68 Å². The van der Waals surface area contributed by atoms with Gasteiger partial charge in [0.25, 0.3) is 0 Å². The highest BCUT2D eigenvalue weighted by Gasteiger charge is 2.41. The van der Waals surface area contributed by atoms with Gasteiger partial charge >= 0.3 is 6.03 Å². The molecule has 0 aliphatic heterocycles. The summed E-state index contributed by atoms with van der Waals surface area (Å²) in [6.45, 7) is 0.532. The normalized spacial score (nSPS) is 14.8. The Labute approximate surface area is 182 Å². The summed E-state index contributed by atoms with van der Waals surface area (Å²) in [6.07, 6.45) is 4.42. The van der Waals surface area contributed by atoms with E-state index in [9.17, 15) is 9.18 Å². The Balaban J connectivity index is 1.35. The number of aromatic nitrogens is 5. The molecule has 4 aromatic rings. The van der Waals surface area contributed by atoms with Crippen LogP contribution in [-0.4, -0.2) is 37.5 Å². The van der Waals surface area contributed by atoms with E-state index in [4.69, 9.17) is 11.5 Å². The molecule has 1 aromatic carbocycles. The number of nitrogen functional groups attached to an aromatic ring is 1. The van der Waals surface area contributed by atoms with Gasteiger partial charge in [-0.25, -0.2) is 9.18 Å². The Morgan fingerprint density at radius 3 is 2.69 bits per heavy atom. The van der Waals surface area contributed by atoms with Crippen molar-refractivity contribution in [3.63, 3.8) is 0 Å². The largest absolute Gasteiger partial charge is 0.382 e. The highest BCUT2D eigenvalue weighted by molar-refractivity contribution is 5.97. The number of nitrogens with two attached hydrogens (primary N) is 2. The zero-order valence-electron chi connectivity index (χ0n) is 17.1. The van der Waals surface area contributed by atoms with Crippen LogP contribution >= 0.6 is 0 Å². The number of fused-ring (bicyclic) bond motifs is 1. The smallest absolute Gasteiger partial charge is 0.340 e. The molecule has 1 fully saturated rings. The van der Waals surface area contributed by atoms with E-state index in [2.05, 4.69) is 25.6 Å². The first kappa shape index (κ1) is 19.9. The third-order valence-corrected chi connectivity index (χ3v) is 6.06. The molecule has 0 radical (unpaired) electrons. The molecular weight excluding hydrogens is 411 g/mol. The van der Waals surface area contributed by atoms with Crippen molar-refractivity contribution in [2.45, 2.75) is 24.7 Å². The zero-order chi connectivity index (χ0) is 22.3. The van der Waals surface area contributed by atoms with Crippen LogP contribution in [0.5, 0.6) is 0 Å². The minimum absolute atomic E-state index is 0.208. The molecule has 5 rings (SSSR count). The molecule has 1 aliphatic carbocycles. The third kappa shape index (κ3) is 3.29. The van der Waals surface area contributed by atoms with Gasteiger partial charge in [0.15, 0.2) is 5.82 Å². The van der Waals surface area contributed by atoms with E-state index in [1.54, 1.807) is 30.5 Å². The number of amides is 1. The molecule has 1 saturated carbocycles. The average molecular weight is 432 g/mol. The van der Waals surface area contributed by atoms with Gasteiger partial charge in [-0.1, -0.05) is 12.5 Å². The van der Waals surface area contributed by atoms with Crippen LogP contribution in [0.4, 0.5) is 20.8 Å². The van der Waals surface area contributed by atoms with Gasteiger partial charge in [-0.3, -0.25) is 4.98 Å². The standard InChI is InChI=1S/C22H21FN8O/c23-15-3-1-10-26-19(15)22(8-2-9-22)12-27-18-7-5-16(28-29-18)13-4-6-17-14(11-13)20(24)30-31(17)21(25)32/h1,3-7,10-11H,2,8-9,12H2,(H2,24,30)(H2,25,32)(H,27,29). The van der Waals surface area contributed by atoms with Crippen molar-refractivity contribution in [3.05, 3.63) is 60.2 Å². The highest BCUT2D eigenvalue weighted by atomic mass is 19.1. The topological polar surface area (TPSA) is 138 Å². The molecule has 0 atom stereocenters. The van der Waals surface area contributed by atoms with Crippen LogP contribution in [0.3, 0.4) is 0 Å². The van der Waals surface area contributed by atoms with Crippen molar-refractivity contribution in [2.75, 3.05) is 17.6 Å². The maximum atomic E-state index is 14.3. The second-order valence-electron chi connectivity index (χ2n) is 7.99. The first-order valence-corrected chi connectivity index (χ1v) is 10.2. The SMILES string of the molecule is NC(=O)n1nc(N)c2cc(-c3ccc(NCC4(c5ncccc5F)CCC4)nn3)ccc21. The van der Waals surface area contributed by atoms with Crippen LogP contribution in [0.2, 0.25) is 0 Å². The number of nitrogens with zero attached hydrogens (tertiary/aromatic N) is 5. The number of carbonyl (C=O) groups is 1. The monoisotopic (exact) mass is 432 g/mol. The van der Waals surface area contributed by atoms with E-state index >= 15 is 0 Å². The fraction of sp³-hybridized carbons (Fsp3) is 0.227. The number of primary amides is 1. The first-order valence-electron chi connectivity index (χ1n) is 10.2. The molecule has 1 aliphatic rings. The maximum absolute atomic E-state index is 14.3. The summed E-state index contributed by atoms with van der Waals surface area (Å²) in [5.41, 5.74) is 13.4. The number of carbonyl (C=O) groups excluding carboxylic acids is 1. The van der Waals surface area contributed by atoms with Crippen molar-refractivity contribution >= 4 is 28.6 Å². The van der Waals surface area contributed by atoms with Crippen molar-refractivity contribution in [1.29, 1.82) is 0 Å². The zero-order valence-corrected chi connectivity index (χ0v) is 17.1. The maximum Gasteiger partial charge on any atom is 0.340 e. The van der Waals surface area contributed by atoms with Crippen LogP contribution in [0.1, 0.15) is 25.0 Å². The number of pyridine rings is 1. The number of hydrogen-bond donors (Lipinski definition) is 3. The van der Waals surface area contributed by atoms with Gasteiger partial charge in [-0.05, 0) is 49.2 Å². The molecule has 0 bridgehead atoms. The average Bonchev–Trinajstić information content (AvgIpc) is 3.11. The quantitative estimate of drug-likeness (QED) is 0.441. The van der Waals surface area contributed by atoms with Crippen LogP contribution < -0.4 is 16.8 Å². The predicted molar refractivity (Wildman–Crippen MR) is 118 cm³/mol. The lowest BCUT2D eigenvalue weighted by Gasteiger charge is -2.41. The summed E-state index contributed by atoms with van der Waals surface area (Å²) in [5, 5.41) is 16.4. The van der Waals surface area contributed by atoms with Crippen molar-refractivity contribution < 1.29 is 9.18 Å². The lowest BCUT2D eigenvalue weighted by molar-refractivity contribution is 0.243. The van der Waals surface area contributed by atoms with E-state index in [-0.39, 0.29) is 17.1 Å². The molecule has 3 heterocycles. The summed E-state index contributed by atoms with van der Waals surface area (Å²) in [6, 6.07) is 11.3. The Kier molecular flexibility index (Phi) is 4.69. The van der Waals surface area contributed by atoms with E-state index in [0.29, 0.717) is 34.7 Å². The van der Waals surface area contributed by atoms with Crippen LogP contribution in [0.15, 0.2) is 48.7 Å². The van der Waals surface area contributed by atoms with Crippen LogP contribution in [0.25, 0.3) is 22.2 Å². The van der Waals surface area contributed by atoms with E-state index < -0.39 is 6.03 Å². The summed E-state index contributed by atoms with van der Waals surface area (Å²) < 4.78 is 15.4. The molecule has 32 heavy (non-hydrogen) atoms. The van der Waals surface area contributed by atoms with Gasteiger partial charge in [-0.15, -0.1) is 15.3 Å². The first-order chi connectivity index (χ1) is 15.5. The fourth-order valence-electron chi connectivity index (χ4n) is 4.19. The number of rotatable bonds is 5. The Hall–Kier alpha value is -4.08. The summed E-state index contributed by atoms with van der Waals surface area (Å²) in [7, 11) is 0. The Morgan fingerprint density at radius 2 is 2.03 bits per heavy atom. The van der Waals surface area contributed by atoms with E-state index in [1.165, 1.54) is 6.07 Å². The fourth-order valence-corrected chi connectivity index (χ4v) is 4.19. The Morgan fingerprint density at radius 1 is 1.19 bits per heavy atom. The van der Waals surface area contributed by atoms with E-state index in [0.717, 1.165) is 29.5 Å². The lowest BCUT2D eigenvalue weighted by atomic mass is 9.66. The molecular formula is C22H21FN8O. The third-order valence-electron chi connectivity index (χ3n) is 6.06. The number of nitrogens with one attached hydrogen (secondary N) is 1. The highest BCUT2D eigenvalue weighted by Crippen LogP contribution is 2.43. The van der Waals surface area contributed by atoms with Crippen molar-refractivity contribution in [2.24, 2.45) is 5.73 Å². The lowest BCUT2D eigenvalue weighted by Crippen LogP contribution is -2.42. The van der Waals surface area contributed by atoms with Crippen LogP contribution in [0, 0.1) is 5.82 Å². The molecule has 0 saturated heterocycles. The summed E-state index contributed by atoms with van der Waals surface area (Å²) >= 11 is 0. The number of halogens is 1. The summed E-state index contributed by atoms with van der Waals surface area (Å²) in [4.78, 5) is 15.8. The minimum Gasteiger partial charge on any atom is -0.382 e. The molecule has 162 valence electrons. The van der Waals surface area contributed by atoms with Crippen molar-refractivity contribution in [3.8, 4) is 11.3 Å². The number of anilines is 2. The molecule has 3 aromatic heterocycles. The van der Waals surface area contributed by atoms with Gasteiger partial charge in [0.05, 0.1) is 16.9 Å². The molecule has 9 nitrogen and oxygen atoms in total. The summed E-state index contributed by atoms with van der Waals surface area (Å²) in [5.74, 6) is 0.530. The minimum atomic E-state index is -0.704. The number of benzene rings is 1. The predicted octanol–water partition coefficient (Wildman–Crippen LogP) is 3.07. The van der Waals surface area contributed by atoms with Gasteiger partial charge in [0.1, 0.15) is 11.6 Å². The molecule has 1 amide bonds. The van der Waals surface area contributed by atoms with Gasteiger partial charge in [0, 0.05) is 29.1 Å². The van der Waals surface area contributed by atoms with Gasteiger partial charge < -0.3 is 16.8 Å². The Bertz CT molecular complexity index is 1310. The number of hydrogen-bond acceptors (Lipinski definition) is 7. The molecule has 5 N–H and O–H groups in total. The second-order valence-corrected chi connectivity index (χ2v) is 7.99. The van der Waals surface area contributed by atoms with Crippen LogP contribution in [-0.2, 0) is 5.41 Å². The molecule has 10 heteroatoms.